The second kappa shape index (κ2) is 10.8. The molecule has 2 heterocycles. The van der Waals surface area contributed by atoms with Crippen LogP contribution in [0.4, 0.5) is 0 Å². The van der Waals surface area contributed by atoms with E-state index in [4.69, 9.17) is 4.74 Å². The second-order valence-electron chi connectivity index (χ2n) is 7.12. The van der Waals surface area contributed by atoms with Crippen molar-refractivity contribution in [3.8, 4) is 0 Å². The average molecular weight is 382 g/mol. The number of halogens is 2. The number of morpholine rings is 1. The van der Waals surface area contributed by atoms with Crippen LogP contribution in [0.2, 0.25) is 0 Å². The molecule has 2 aliphatic heterocycles. The molecule has 0 unspecified atom stereocenters. The van der Waals surface area contributed by atoms with E-state index < -0.39 is 0 Å². The Morgan fingerprint density at radius 3 is 2.38 bits per heavy atom. The summed E-state index contributed by atoms with van der Waals surface area (Å²) in [6.07, 6.45) is 9.09. The molecular formula is C17H33Cl2N3O2. The average Bonchev–Trinajstić information content (AvgIpc) is 2.57. The first kappa shape index (κ1) is 22.0. The molecule has 0 bridgehead atoms. The van der Waals surface area contributed by atoms with E-state index in [0.717, 1.165) is 38.5 Å². The lowest BCUT2D eigenvalue weighted by molar-refractivity contribution is -0.130. The molecule has 2 atom stereocenters. The molecule has 142 valence electrons. The Morgan fingerprint density at radius 2 is 1.75 bits per heavy atom. The maximum absolute atomic E-state index is 12.4. The zero-order valence-corrected chi connectivity index (χ0v) is 16.3. The van der Waals surface area contributed by atoms with Crippen LogP contribution in [0.5, 0.6) is 0 Å². The number of ether oxygens (including phenoxy) is 1. The first-order valence-electron chi connectivity index (χ1n) is 9.13. The van der Waals surface area contributed by atoms with E-state index in [2.05, 4.69) is 15.5 Å². The van der Waals surface area contributed by atoms with Crippen molar-refractivity contribution >= 4 is 30.7 Å². The number of piperidine rings is 1. The van der Waals surface area contributed by atoms with E-state index in [0.29, 0.717) is 12.6 Å². The van der Waals surface area contributed by atoms with Gasteiger partial charge in [-0.1, -0.05) is 19.3 Å². The lowest BCUT2D eigenvalue weighted by atomic mass is 9.92. The molecule has 1 amide bonds. The molecule has 0 aromatic heterocycles. The molecule has 0 spiro atoms. The highest BCUT2D eigenvalue weighted by Crippen LogP contribution is 2.25. The molecule has 3 aliphatic rings. The number of nitrogens with zero attached hydrogens (tertiary/aromatic N) is 1. The maximum Gasteiger partial charge on any atom is 0.240 e. The van der Waals surface area contributed by atoms with Crippen LogP contribution in [-0.4, -0.2) is 61.3 Å². The van der Waals surface area contributed by atoms with Crippen molar-refractivity contribution in [1.82, 2.24) is 15.5 Å². The van der Waals surface area contributed by atoms with Crippen molar-refractivity contribution in [3.05, 3.63) is 0 Å². The van der Waals surface area contributed by atoms with Gasteiger partial charge in [-0.25, -0.2) is 0 Å². The van der Waals surface area contributed by atoms with E-state index in [-0.39, 0.29) is 42.9 Å². The van der Waals surface area contributed by atoms with Crippen molar-refractivity contribution in [3.63, 3.8) is 0 Å². The zero-order valence-electron chi connectivity index (χ0n) is 14.7. The van der Waals surface area contributed by atoms with Gasteiger partial charge in [0.2, 0.25) is 5.91 Å². The predicted octanol–water partition coefficient (Wildman–Crippen LogP) is 2.12. The normalized spacial score (nSPS) is 30.0. The van der Waals surface area contributed by atoms with E-state index in [1.165, 1.54) is 32.1 Å². The summed E-state index contributed by atoms with van der Waals surface area (Å²) in [5.74, 6) is 0.114. The Morgan fingerprint density at radius 1 is 1.08 bits per heavy atom. The molecular weight excluding hydrogens is 349 g/mol. The Kier molecular flexibility index (Phi) is 9.90. The molecule has 24 heavy (non-hydrogen) atoms. The third kappa shape index (κ3) is 5.73. The third-order valence-electron chi connectivity index (χ3n) is 5.57. The van der Waals surface area contributed by atoms with Crippen LogP contribution in [-0.2, 0) is 9.53 Å². The lowest BCUT2D eigenvalue weighted by Gasteiger charge is -2.40. The first-order chi connectivity index (χ1) is 10.7. The number of likely N-dealkylation sites (tertiary alicyclic amines) is 1. The highest BCUT2D eigenvalue weighted by molar-refractivity contribution is 5.85. The van der Waals surface area contributed by atoms with Crippen LogP contribution in [0, 0.1) is 0 Å². The van der Waals surface area contributed by atoms with Crippen LogP contribution in [0.3, 0.4) is 0 Å². The lowest BCUT2D eigenvalue weighted by Crippen LogP contribution is -2.58. The quantitative estimate of drug-likeness (QED) is 0.785. The predicted molar refractivity (Wildman–Crippen MR) is 101 cm³/mol. The Bertz CT molecular complexity index is 373. The van der Waals surface area contributed by atoms with Crippen molar-refractivity contribution in [2.24, 2.45) is 0 Å². The summed E-state index contributed by atoms with van der Waals surface area (Å²) in [7, 11) is 0. The van der Waals surface area contributed by atoms with Gasteiger partial charge >= 0.3 is 0 Å². The first-order valence-corrected chi connectivity index (χ1v) is 9.13. The van der Waals surface area contributed by atoms with Gasteiger partial charge in [0, 0.05) is 31.7 Å². The Balaban J connectivity index is 0.00000144. The van der Waals surface area contributed by atoms with E-state index in [9.17, 15) is 4.79 Å². The van der Waals surface area contributed by atoms with Gasteiger partial charge in [0.1, 0.15) is 6.04 Å². The maximum atomic E-state index is 12.4. The third-order valence-corrected chi connectivity index (χ3v) is 5.57. The monoisotopic (exact) mass is 381 g/mol. The van der Waals surface area contributed by atoms with Gasteiger partial charge in [-0.15, -0.1) is 24.8 Å². The second-order valence-corrected chi connectivity index (χ2v) is 7.12. The van der Waals surface area contributed by atoms with Gasteiger partial charge in [0.25, 0.3) is 0 Å². The van der Waals surface area contributed by atoms with Crippen LogP contribution in [0.1, 0.15) is 51.9 Å². The molecule has 0 aromatic carbocycles. The highest BCUT2D eigenvalue weighted by atomic mass is 35.5. The SMILES string of the molecule is C[C@H]1OCCN[C@@H]1C(=O)NC1CCN(C2CCCCC2)CC1.Cl.Cl. The summed E-state index contributed by atoms with van der Waals surface area (Å²) in [6.45, 7) is 5.72. The number of nitrogens with one attached hydrogen (secondary N) is 2. The highest BCUT2D eigenvalue weighted by Gasteiger charge is 2.31. The number of carbonyl (C=O) groups excluding carboxylic acids is 1. The zero-order chi connectivity index (χ0) is 15.4. The molecule has 2 N–H and O–H groups in total. The molecule has 0 aromatic rings. The number of rotatable bonds is 3. The fourth-order valence-corrected chi connectivity index (χ4v) is 4.17. The van der Waals surface area contributed by atoms with Crippen molar-refractivity contribution in [2.75, 3.05) is 26.2 Å². The Hall–Kier alpha value is -0.0700. The summed E-state index contributed by atoms with van der Waals surface area (Å²) in [5.41, 5.74) is 0. The van der Waals surface area contributed by atoms with Crippen LogP contribution in [0.15, 0.2) is 0 Å². The Labute approximate surface area is 158 Å². The minimum Gasteiger partial charge on any atom is -0.375 e. The van der Waals surface area contributed by atoms with Gasteiger partial charge in [-0.3, -0.25) is 4.79 Å². The van der Waals surface area contributed by atoms with Gasteiger partial charge in [0.05, 0.1) is 12.7 Å². The fourth-order valence-electron chi connectivity index (χ4n) is 4.17. The molecule has 2 saturated heterocycles. The summed E-state index contributed by atoms with van der Waals surface area (Å²) in [6, 6.07) is 0.951. The molecule has 3 rings (SSSR count). The van der Waals surface area contributed by atoms with Gasteiger partial charge < -0.3 is 20.3 Å². The number of hydrogen-bond acceptors (Lipinski definition) is 4. The van der Waals surface area contributed by atoms with E-state index in [1.54, 1.807) is 0 Å². The van der Waals surface area contributed by atoms with Gasteiger partial charge in [-0.2, -0.15) is 0 Å². The summed E-state index contributed by atoms with van der Waals surface area (Å²) >= 11 is 0. The summed E-state index contributed by atoms with van der Waals surface area (Å²) in [4.78, 5) is 15.1. The topological polar surface area (TPSA) is 53.6 Å². The minimum absolute atomic E-state index is 0. The molecule has 7 heteroatoms. The molecule has 0 radical (unpaired) electrons. The summed E-state index contributed by atoms with van der Waals surface area (Å²) in [5, 5.41) is 6.51. The van der Waals surface area contributed by atoms with Crippen molar-refractivity contribution in [2.45, 2.75) is 76.1 Å². The fraction of sp³-hybridized carbons (Fsp3) is 0.941. The molecule has 5 nitrogen and oxygen atoms in total. The van der Waals surface area contributed by atoms with Crippen LogP contribution >= 0.6 is 24.8 Å². The van der Waals surface area contributed by atoms with E-state index in [1.807, 2.05) is 6.92 Å². The molecule has 1 saturated carbocycles. The largest absolute Gasteiger partial charge is 0.375 e. The van der Waals surface area contributed by atoms with Crippen molar-refractivity contribution < 1.29 is 9.53 Å². The van der Waals surface area contributed by atoms with Crippen molar-refractivity contribution in [1.29, 1.82) is 0 Å². The number of hydrogen-bond donors (Lipinski definition) is 2. The van der Waals surface area contributed by atoms with Gasteiger partial charge in [0.15, 0.2) is 0 Å². The summed E-state index contributed by atoms with van der Waals surface area (Å²) < 4.78 is 5.57. The minimum atomic E-state index is -0.190. The van der Waals surface area contributed by atoms with Crippen LogP contribution in [0.25, 0.3) is 0 Å². The molecule has 1 aliphatic carbocycles. The molecule has 3 fully saturated rings. The smallest absolute Gasteiger partial charge is 0.240 e. The van der Waals surface area contributed by atoms with E-state index >= 15 is 0 Å². The standard InChI is InChI=1S/C17H31N3O2.2ClH/c1-13-16(18-9-12-22-13)17(21)19-14-7-10-20(11-8-14)15-5-3-2-4-6-15;;/h13-16,18H,2-12H2,1H3,(H,19,21);2*1H/t13-,16+;;/m1../s1. The number of amides is 1. The number of carbonyl (C=O) groups is 1. The van der Waals surface area contributed by atoms with Crippen LogP contribution < -0.4 is 10.6 Å². The van der Waals surface area contributed by atoms with Gasteiger partial charge in [-0.05, 0) is 32.6 Å².